The van der Waals surface area contributed by atoms with Crippen LogP contribution in [0, 0.1) is 23.7 Å². The van der Waals surface area contributed by atoms with Gasteiger partial charge >= 0.3 is 0 Å². The number of aliphatic hydroxyl groups excluding tert-OH is 2. The van der Waals surface area contributed by atoms with Gasteiger partial charge in [-0.05, 0) is 59.4 Å². The molecule has 0 fully saturated rings. The minimum absolute atomic E-state index is 0.0609. The lowest BCUT2D eigenvalue weighted by Crippen LogP contribution is -2.28. The highest BCUT2D eigenvalue weighted by molar-refractivity contribution is 5.80. The molecule has 0 aromatic heterocycles. The number of methoxy groups -OCH3 is 1. The van der Waals surface area contributed by atoms with Crippen molar-refractivity contribution in [3.05, 3.63) is 82.9 Å². The normalized spacial score (nSPS) is 21.6. The molecule has 7 nitrogen and oxygen atoms in total. The quantitative estimate of drug-likeness (QED) is 0.229. The summed E-state index contributed by atoms with van der Waals surface area (Å²) in [7, 11) is 1.45. The first-order valence-corrected chi connectivity index (χ1v) is 13.0. The lowest BCUT2D eigenvalue weighted by Gasteiger charge is -2.28. The van der Waals surface area contributed by atoms with Crippen LogP contribution in [0.3, 0.4) is 0 Å². The summed E-state index contributed by atoms with van der Waals surface area (Å²) in [6, 6.07) is 17.5. The first-order chi connectivity index (χ1) is 18.8. The van der Waals surface area contributed by atoms with Crippen molar-refractivity contribution in [3.63, 3.8) is 0 Å². The third-order valence-electron chi connectivity index (χ3n) is 7.41. The van der Waals surface area contributed by atoms with Crippen molar-refractivity contribution in [1.82, 2.24) is 0 Å². The molecule has 0 spiro atoms. The van der Waals surface area contributed by atoms with Crippen molar-refractivity contribution in [1.29, 1.82) is 0 Å². The first-order valence-electron chi connectivity index (χ1n) is 13.0. The zero-order valence-corrected chi connectivity index (χ0v) is 21.9. The van der Waals surface area contributed by atoms with Crippen LogP contribution < -0.4 is 4.74 Å². The van der Waals surface area contributed by atoms with E-state index in [1.165, 1.54) is 25.3 Å². The lowest BCUT2D eigenvalue weighted by atomic mass is 9.76. The molecule has 5 N–H and O–H groups in total. The second kappa shape index (κ2) is 12.7. The van der Waals surface area contributed by atoms with E-state index in [0.29, 0.717) is 30.4 Å². The van der Waals surface area contributed by atoms with Crippen LogP contribution in [-0.2, 0) is 24.2 Å². The number of phenols is 3. The van der Waals surface area contributed by atoms with Gasteiger partial charge in [-0.1, -0.05) is 42.3 Å². The molecule has 0 bridgehead atoms. The molecule has 1 aliphatic rings. The summed E-state index contributed by atoms with van der Waals surface area (Å²) >= 11 is 0. The molecular weight excluding hydrogens is 496 g/mol. The minimum Gasteiger partial charge on any atom is -0.504 e. The number of hydrogen-bond acceptors (Lipinski definition) is 7. The number of benzene rings is 3. The average molecular weight is 531 g/mol. The van der Waals surface area contributed by atoms with Gasteiger partial charge in [0.05, 0.1) is 19.8 Å². The third kappa shape index (κ3) is 6.91. The maximum absolute atomic E-state index is 13.4. The number of hydrogen-bond donors (Lipinski definition) is 5. The summed E-state index contributed by atoms with van der Waals surface area (Å²) in [6.45, 7) is -0.326. The monoisotopic (exact) mass is 530 g/mol. The highest BCUT2D eigenvalue weighted by Crippen LogP contribution is 2.40. The highest BCUT2D eigenvalue weighted by Gasteiger charge is 2.31. The number of Topliss-reactive ketones (excluding diaryl/α,β-unsaturated/α-hetero) is 1. The van der Waals surface area contributed by atoms with Crippen LogP contribution in [-0.4, -0.2) is 44.5 Å². The summed E-state index contributed by atoms with van der Waals surface area (Å²) in [5, 5.41) is 51.0. The highest BCUT2D eigenvalue weighted by atomic mass is 16.5. The molecule has 3 aromatic carbocycles. The van der Waals surface area contributed by atoms with Crippen molar-refractivity contribution in [2.75, 3.05) is 7.11 Å². The van der Waals surface area contributed by atoms with Crippen molar-refractivity contribution in [2.45, 2.75) is 50.7 Å². The Morgan fingerprint density at radius 1 is 0.897 bits per heavy atom. The van der Waals surface area contributed by atoms with Gasteiger partial charge in [-0.25, -0.2) is 0 Å². The van der Waals surface area contributed by atoms with E-state index in [0.717, 1.165) is 11.1 Å². The van der Waals surface area contributed by atoms with Gasteiger partial charge in [0.1, 0.15) is 5.78 Å². The molecule has 0 saturated carbocycles. The molecule has 0 radical (unpaired) electrons. The average Bonchev–Trinajstić information content (AvgIpc) is 2.92. The van der Waals surface area contributed by atoms with Crippen LogP contribution in [0.15, 0.2) is 60.7 Å². The molecule has 4 atom stereocenters. The largest absolute Gasteiger partial charge is 0.504 e. The second-order valence-corrected chi connectivity index (χ2v) is 10.1. The van der Waals surface area contributed by atoms with Crippen molar-refractivity contribution >= 4 is 5.78 Å². The Labute approximate surface area is 228 Å². The second-order valence-electron chi connectivity index (χ2n) is 10.1. The fraction of sp³-hybridized carbons (Fsp3) is 0.344. The van der Waals surface area contributed by atoms with Gasteiger partial charge in [0.2, 0.25) is 0 Å². The van der Waals surface area contributed by atoms with Crippen molar-refractivity contribution in [3.8, 4) is 34.8 Å². The van der Waals surface area contributed by atoms with E-state index >= 15 is 0 Å². The van der Waals surface area contributed by atoms with E-state index in [4.69, 9.17) is 4.74 Å². The van der Waals surface area contributed by atoms with E-state index in [1.807, 2.05) is 30.3 Å². The molecule has 0 saturated heterocycles. The Hall–Kier alpha value is -3.99. The zero-order valence-electron chi connectivity index (χ0n) is 21.9. The fourth-order valence-corrected chi connectivity index (χ4v) is 5.30. The molecule has 0 unspecified atom stereocenters. The van der Waals surface area contributed by atoms with Gasteiger partial charge in [-0.3, -0.25) is 4.79 Å². The Kier molecular flexibility index (Phi) is 9.13. The smallest absolute Gasteiger partial charge is 0.160 e. The number of ketones is 1. The van der Waals surface area contributed by atoms with E-state index < -0.39 is 12.0 Å². The summed E-state index contributed by atoms with van der Waals surface area (Å²) < 4.78 is 5.33. The van der Waals surface area contributed by atoms with Gasteiger partial charge < -0.3 is 30.3 Å². The molecular formula is C32H34O7. The number of carbonyl (C=O) groups is 1. The summed E-state index contributed by atoms with van der Waals surface area (Å²) in [4.78, 5) is 13.4. The SMILES string of the molecule is COc1cc([C@H]2CC(=O)C[C@H](O)[C@H](Cc3ccc(O)c(O)c3)CC#C[C@@H]2Cc2ccccc2)c(CO)cc1O. The number of carbonyl (C=O) groups excluding carboxylic acids is 1. The van der Waals surface area contributed by atoms with Crippen LogP contribution in [0.4, 0.5) is 0 Å². The Bertz CT molecular complexity index is 1360. The Balaban J connectivity index is 1.74. The number of phenolic OH excluding ortho intramolecular Hbond substituents is 3. The van der Waals surface area contributed by atoms with Crippen LogP contribution in [0.5, 0.6) is 23.0 Å². The van der Waals surface area contributed by atoms with E-state index in [1.54, 1.807) is 12.1 Å². The zero-order chi connectivity index (χ0) is 27.9. The molecule has 0 aliphatic heterocycles. The topological polar surface area (TPSA) is 127 Å². The lowest BCUT2D eigenvalue weighted by molar-refractivity contribution is -0.122. The van der Waals surface area contributed by atoms with Gasteiger partial charge in [0.25, 0.3) is 0 Å². The molecule has 0 amide bonds. The predicted molar refractivity (Wildman–Crippen MR) is 147 cm³/mol. The Morgan fingerprint density at radius 3 is 2.36 bits per heavy atom. The minimum atomic E-state index is -0.944. The molecule has 3 aromatic rings. The van der Waals surface area contributed by atoms with Gasteiger partial charge in [-0.15, -0.1) is 5.92 Å². The standard InChI is InChI=1S/C32H34O7/c1-39-32-18-27(24(19-33)15-31(32)38)26-16-25(34)17-29(36)23(13-21-10-11-28(35)30(37)14-21)9-5-8-22(26)12-20-6-3-2-4-7-20/h2-4,6-7,10-11,14-15,18,22-23,26,29,33,35-38H,9,12-13,16-17,19H2,1H3/t22-,23+,26+,29+/m1/s1. The van der Waals surface area contributed by atoms with E-state index in [2.05, 4.69) is 11.8 Å². The maximum Gasteiger partial charge on any atom is 0.160 e. The molecule has 7 heteroatoms. The van der Waals surface area contributed by atoms with Crippen LogP contribution >= 0.6 is 0 Å². The third-order valence-corrected chi connectivity index (χ3v) is 7.41. The van der Waals surface area contributed by atoms with E-state index in [9.17, 15) is 30.3 Å². The first kappa shape index (κ1) is 28.0. The number of aromatic hydroxyl groups is 3. The summed E-state index contributed by atoms with van der Waals surface area (Å²) in [5.41, 5.74) is 2.96. The van der Waals surface area contributed by atoms with Crippen LogP contribution in [0.1, 0.15) is 47.4 Å². The summed E-state index contributed by atoms with van der Waals surface area (Å²) in [5.74, 6) is 5.17. The number of rotatable bonds is 7. The maximum atomic E-state index is 13.4. The molecule has 0 heterocycles. The van der Waals surface area contributed by atoms with Crippen molar-refractivity contribution < 1.29 is 35.1 Å². The summed E-state index contributed by atoms with van der Waals surface area (Å²) in [6.07, 6.45) is 0.374. The van der Waals surface area contributed by atoms with Crippen molar-refractivity contribution in [2.24, 2.45) is 11.8 Å². The Morgan fingerprint density at radius 2 is 1.67 bits per heavy atom. The van der Waals surface area contributed by atoms with Gasteiger partial charge in [0, 0.05) is 37.0 Å². The van der Waals surface area contributed by atoms with Crippen LogP contribution in [0.2, 0.25) is 0 Å². The number of aliphatic hydroxyl groups is 2. The number of ether oxygens (including phenoxy) is 1. The van der Waals surface area contributed by atoms with Gasteiger partial charge in [0.15, 0.2) is 23.0 Å². The molecule has 39 heavy (non-hydrogen) atoms. The van der Waals surface area contributed by atoms with E-state index in [-0.39, 0.29) is 60.1 Å². The molecule has 1 aliphatic carbocycles. The van der Waals surface area contributed by atoms with Gasteiger partial charge in [-0.2, -0.15) is 0 Å². The van der Waals surface area contributed by atoms with Crippen LogP contribution in [0.25, 0.3) is 0 Å². The molecule has 204 valence electrons. The predicted octanol–water partition coefficient (Wildman–Crippen LogP) is 4.22. The molecule has 4 rings (SSSR count). The fourth-order valence-electron chi connectivity index (χ4n) is 5.30.